The Bertz CT molecular complexity index is 332. The van der Waals surface area contributed by atoms with Gasteiger partial charge in [0.05, 0.1) is 4.47 Å². The highest BCUT2D eigenvalue weighted by Gasteiger charge is 1.99. The summed E-state index contributed by atoms with van der Waals surface area (Å²) in [7, 11) is 0. The van der Waals surface area contributed by atoms with Gasteiger partial charge in [-0.1, -0.05) is 6.08 Å². The van der Waals surface area contributed by atoms with Crippen LogP contribution in [0.15, 0.2) is 38.7 Å². The highest BCUT2D eigenvalue weighted by atomic mass is 79.9. The zero-order valence-corrected chi connectivity index (χ0v) is 7.93. The van der Waals surface area contributed by atoms with E-state index in [4.69, 9.17) is 0 Å². The number of anilines is 1. The van der Waals surface area contributed by atoms with Crippen LogP contribution in [0.4, 0.5) is 5.69 Å². The van der Waals surface area contributed by atoms with Crippen LogP contribution in [-0.4, -0.2) is 6.54 Å². The topological polar surface area (TPSA) is 42.2 Å². The normalized spacial score (nSPS) is 9.42. The van der Waals surface area contributed by atoms with Crippen molar-refractivity contribution in [2.24, 2.45) is 0 Å². The molecule has 0 radical (unpaired) electrons. The molecular formula is C8H8BrNO2. The van der Waals surface area contributed by atoms with Crippen LogP contribution < -0.4 is 10.9 Å². The lowest BCUT2D eigenvalue weighted by molar-refractivity contribution is 0.510. The van der Waals surface area contributed by atoms with Crippen molar-refractivity contribution in [1.29, 1.82) is 0 Å². The van der Waals surface area contributed by atoms with E-state index in [1.165, 1.54) is 6.26 Å². The van der Waals surface area contributed by atoms with Gasteiger partial charge in [0.15, 0.2) is 0 Å². The summed E-state index contributed by atoms with van der Waals surface area (Å²) >= 11 is 3.19. The van der Waals surface area contributed by atoms with Gasteiger partial charge < -0.3 is 9.73 Å². The van der Waals surface area contributed by atoms with Crippen molar-refractivity contribution in [3.05, 3.63) is 39.9 Å². The van der Waals surface area contributed by atoms with Crippen molar-refractivity contribution in [2.75, 3.05) is 11.9 Å². The molecule has 0 aromatic carbocycles. The van der Waals surface area contributed by atoms with Gasteiger partial charge in [0.2, 0.25) is 0 Å². The minimum Gasteiger partial charge on any atom is -0.429 e. The van der Waals surface area contributed by atoms with E-state index in [9.17, 15) is 4.79 Å². The summed E-state index contributed by atoms with van der Waals surface area (Å²) in [4.78, 5) is 11.0. The molecule has 0 aliphatic carbocycles. The number of hydrogen-bond acceptors (Lipinski definition) is 3. The molecule has 0 saturated carbocycles. The summed E-state index contributed by atoms with van der Waals surface area (Å²) in [5.74, 6) is 0. The summed E-state index contributed by atoms with van der Waals surface area (Å²) in [5.41, 5.74) is 0.0596. The molecule has 0 amide bonds. The first-order valence-electron chi connectivity index (χ1n) is 3.37. The first-order valence-corrected chi connectivity index (χ1v) is 4.16. The predicted octanol–water partition coefficient (Wildman–Crippen LogP) is 2.00. The number of hydrogen-bond donors (Lipinski definition) is 1. The van der Waals surface area contributed by atoms with Gasteiger partial charge in [-0.05, 0) is 22.0 Å². The lowest BCUT2D eigenvalue weighted by Gasteiger charge is -1.99. The third kappa shape index (κ3) is 2.23. The van der Waals surface area contributed by atoms with Gasteiger partial charge in [0.1, 0.15) is 12.0 Å². The highest BCUT2D eigenvalue weighted by Crippen LogP contribution is 2.10. The molecule has 64 valence electrons. The Balaban J connectivity index is 2.89. The maximum Gasteiger partial charge on any atom is 0.359 e. The Kier molecular flexibility index (Phi) is 3.10. The monoisotopic (exact) mass is 229 g/mol. The zero-order valence-electron chi connectivity index (χ0n) is 6.34. The van der Waals surface area contributed by atoms with Gasteiger partial charge in [0, 0.05) is 6.54 Å². The second kappa shape index (κ2) is 4.11. The van der Waals surface area contributed by atoms with Crippen LogP contribution in [0.1, 0.15) is 0 Å². The summed E-state index contributed by atoms with van der Waals surface area (Å²) in [6, 6.07) is 1.66. The third-order valence-corrected chi connectivity index (χ3v) is 1.63. The second-order valence-corrected chi connectivity index (χ2v) is 3.05. The van der Waals surface area contributed by atoms with E-state index in [0.29, 0.717) is 12.2 Å². The summed E-state index contributed by atoms with van der Waals surface area (Å²) in [5, 5.41) is 2.85. The molecule has 1 rings (SSSR count). The minimum atomic E-state index is -0.375. The molecule has 4 heteroatoms. The molecule has 0 bridgehead atoms. The van der Waals surface area contributed by atoms with Crippen LogP contribution >= 0.6 is 15.9 Å². The van der Waals surface area contributed by atoms with Crippen molar-refractivity contribution < 1.29 is 4.42 Å². The Morgan fingerprint density at radius 2 is 2.50 bits per heavy atom. The summed E-state index contributed by atoms with van der Waals surface area (Å²) < 4.78 is 5.42. The Labute approximate surface area is 78.2 Å². The SMILES string of the molecule is C=CCNc1cc(Br)coc1=O. The molecule has 1 aromatic heterocycles. The van der Waals surface area contributed by atoms with Crippen molar-refractivity contribution in [3.63, 3.8) is 0 Å². The van der Waals surface area contributed by atoms with Crippen LogP contribution in [0, 0.1) is 0 Å². The Morgan fingerprint density at radius 3 is 3.17 bits per heavy atom. The molecular weight excluding hydrogens is 222 g/mol. The van der Waals surface area contributed by atoms with E-state index in [-0.39, 0.29) is 5.63 Å². The molecule has 12 heavy (non-hydrogen) atoms. The molecule has 1 heterocycles. The number of rotatable bonds is 3. The van der Waals surface area contributed by atoms with Crippen LogP contribution in [0.25, 0.3) is 0 Å². The molecule has 0 spiro atoms. The smallest absolute Gasteiger partial charge is 0.359 e. The van der Waals surface area contributed by atoms with E-state index >= 15 is 0 Å². The van der Waals surface area contributed by atoms with Crippen LogP contribution in [0.5, 0.6) is 0 Å². The van der Waals surface area contributed by atoms with Gasteiger partial charge in [0.25, 0.3) is 0 Å². The number of nitrogens with one attached hydrogen (secondary N) is 1. The predicted molar refractivity (Wildman–Crippen MR) is 51.4 cm³/mol. The fraction of sp³-hybridized carbons (Fsp3) is 0.125. The van der Waals surface area contributed by atoms with Crippen LogP contribution in [0.2, 0.25) is 0 Å². The summed E-state index contributed by atoms with van der Waals surface area (Å²) in [6.07, 6.45) is 3.02. The van der Waals surface area contributed by atoms with Crippen molar-refractivity contribution >= 4 is 21.6 Å². The molecule has 1 aromatic rings. The van der Waals surface area contributed by atoms with E-state index in [0.717, 1.165) is 4.47 Å². The molecule has 0 atom stereocenters. The fourth-order valence-corrected chi connectivity index (χ4v) is 1.03. The quantitative estimate of drug-likeness (QED) is 0.807. The first kappa shape index (κ1) is 9.06. The zero-order chi connectivity index (χ0) is 8.97. The van der Waals surface area contributed by atoms with Crippen LogP contribution in [0.3, 0.4) is 0 Å². The first-order chi connectivity index (χ1) is 5.74. The molecule has 0 saturated heterocycles. The maximum atomic E-state index is 11.0. The van der Waals surface area contributed by atoms with Crippen molar-refractivity contribution in [1.82, 2.24) is 0 Å². The lowest BCUT2D eigenvalue weighted by Crippen LogP contribution is -2.09. The molecule has 0 aliphatic heterocycles. The number of halogens is 1. The molecule has 3 nitrogen and oxygen atoms in total. The third-order valence-electron chi connectivity index (χ3n) is 1.22. The molecule has 0 fully saturated rings. The lowest BCUT2D eigenvalue weighted by atomic mass is 10.4. The minimum absolute atomic E-state index is 0.375. The van der Waals surface area contributed by atoms with Crippen LogP contribution in [-0.2, 0) is 0 Å². The Hall–Kier alpha value is -1.03. The standard InChI is InChI=1S/C8H8BrNO2/c1-2-3-10-7-4-6(9)5-12-8(7)11/h2,4-5,10H,1,3H2. The summed E-state index contributed by atoms with van der Waals surface area (Å²) in [6.45, 7) is 4.06. The molecule has 0 aliphatic rings. The fourth-order valence-electron chi connectivity index (χ4n) is 0.709. The van der Waals surface area contributed by atoms with E-state index in [2.05, 4.69) is 32.2 Å². The molecule has 0 unspecified atom stereocenters. The van der Waals surface area contributed by atoms with Gasteiger partial charge in [-0.15, -0.1) is 6.58 Å². The van der Waals surface area contributed by atoms with Gasteiger partial charge >= 0.3 is 5.63 Å². The van der Waals surface area contributed by atoms with Gasteiger partial charge in [-0.2, -0.15) is 0 Å². The van der Waals surface area contributed by atoms with E-state index in [1.807, 2.05) is 0 Å². The molecule has 1 N–H and O–H groups in total. The highest BCUT2D eigenvalue weighted by molar-refractivity contribution is 9.10. The second-order valence-electron chi connectivity index (χ2n) is 2.14. The van der Waals surface area contributed by atoms with E-state index in [1.54, 1.807) is 12.1 Å². The van der Waals surface area contributed by atoms with Crippen molar-refractivity contribution in [2.45, 2.75) is 0 Å². The maximum absolute atomic E-state index is 11.0. The van der Waals surface area contributed by atoms with Crippen molar-refractivity contribution in [3.8, 4) is 0 Å². The van der Waals surface area contributed by atoms with Gasteiger partial charge in [-0.25, -0.2) is 4.79 Å². The average Bonchev–Trinajstić information content (AvgIpc) is 2.07. The Morgan fingerprint density at radius 1 is 1.75 bits per heavy atom. The van der Waals surface area contributed by atoms with E-state index < -0.39 is 0 Å². The van der Waals surface area contributed by atoms with Gasteiger partial charge in [-0.3, -0.25) is 0 Å². The average molecular weight is 230 g/mol. The largest absolute Gasteiger partial charge is 0.429 e.